The second-order valence-corrected chi connectivity index (χ2v) is 6.67. The average molecular weight is 381 g/mol. The summed E-state index contributed by atoms with van der Waals surface area (Å²) in [7, 11) is 0. The maximum Gasteiger partial charge on any atom is 0.257 e. The minimum Gasteiger partial charge on any atom is -0.351 e. The number of benzene rings is 1. The van der Waals surface area contributed by atoms with E-state index in [4.69, 9.17) is 11.6 Å². The molecule has 0 radical (unpaired) electrons. The number of amides is 1. The second-order valence-electron chi connectivity index (χ2n) is 3.96. The molecule has 106 valence electrons. The summed E-state index contributed by atoms with van der Waals surface area (Å²) >= 11 is 10.1. The molecule has 7 heteroatoms. The van der Waals surface area contributed by atoms with E-state index in [0.717, 1.165) is 17.0 Å². The fourth-order valence-electron chi connectivity index (χ4n) is 1.63. The van der Waals surface area contributed by atoms with Gasteiger partial charge in [0.15, 0.2) is 0 Å². The highest BCUT2D eigenvalue weighted by atomic mass is 79.9. The first-order valence-electron chi connectivity index (χ1n) is 5.64. The van der Waals surface area contributed by atoms with Crippen LogP contribution in [0.1, 0.15) is 15.2 Å². The fourth-order valence-corrected chi connectivity index (χ4v) is 3.12. The molecule has 0 fully saturated rings. The summed E-state index contributed by atoms with van der Waals surface area (Å²) in [4.78, 5) is 12.8. The number of hydrogen-bond donors (Lipinski definition) is 1. The van der Waals surface area contributed by atoms with Crippen LogP contribution in [0, 0.1) is 11.6 Å². The number of hydrogen-bond acceptors (Lipinski definition) is 2. The van der Waals surface area contributed by atoms with Crippen LogP contribution in [-0.2, 0) is 6.42 Å². The topological polar surface area (TPSA) is 29.1 Å². The van der Waals surface area contributed by atoms with Crippen molar-refractivity contribution in [3.63, 3.8) is 0 Å². The van der Waals surface area contributed by atoms with Gasteiger partial charge in [0.2, 0.25) is 0 Å². The summed E-state index contributed by atoms with van der Waals surface area (Å²) in [5.74, 6) is -2.56. The van der Waals surface area contributed by atoms with Crippen molar-refractivity contribution in [3.8, 4) is 0 Å². The Morgan fingerprint density at radius 2 is 1.95 bits per heavy atom. The van der Waals surface area contributed by atoms with E-state index in [1.807, 2.05) is 6.07 Å². The van der Waals surface area contributed by atoms with Crippen LogP contribution in [-0.4, -0.2) is 12.5 Å². The summed E-state index contributed by atoms with van der Waals surface area (Å²) in [5, 5.41) is 2.49. The fraction of sp³-hybridized carbons (Fsp3) is 0.154. The largest absolute Gasteiger partial charge is 0.351 e. The van der Waals surface area contributed by atoms with Gasteiger partial charge >= 0.3 is 0 Å². The molecule has 2 nitrogen and oxygen atoms in total. The molecule has 0 aliphatic carbocycles. The Morgan fingerprint density at radius 1 is 1.30 bits per heavy atom. The lowest BCUT2D eigenvalue weighted by Gasteiger charge is -2.07. The van der Waals surface area contributed by atoms with Crippen LogP contribution in [0.2, 0.25) is 4.34 Å². The van der Waals surface area contributed by atoms with Crippen molar-refractivity contribution in [1.29, 1.82) is 0 Å². The summed E-state index contributed by atoms with van der Waals surface area (Å²) < 4.78 is 28.0. The van der Waals surface area contributed by atoms with Gasteiger partial charge in [0.25, 0.3) is 5.91 Å². The highest BCUT2D eigenvalue weighted by Gasteiger charge is 2.17. The zero-order valence-electron chi connectivity index (χ0n) is 10.1. The van der Waals surface area contributed by atoms with Crippen LogP contribution >= 0.6 is 38.9 Å². The van der Waals surface area contributed by atoms with E-state index in [1.54, 1.807) is 6.07 Å². The van der Waals surface area contributed by atoms with Crippen LogP contribution in [0.3, 0.4) is 0 Å². The molecule has 0 aliphatic heterocycles. The predicted molar refractivity (Wildman–Crippen MR) is 79.4 cm³/mol. The highest BCUT2D eigenvalue weighted by molar-refractivity contribution is 9.10. The quantitative estimate of drug-likeness (QED) is 0.836. The molecule has 0 saturated heterocycles. The third-order valence-electron chi connectivity index (χ3n) is 2.52. The van der Waals surface area contributed by atoms with Crippen molar-refractivity contribution in [1.82, 2.24) is 5.32 Å². The van der Waals surface area contributed by atoms with E-state index in [1.165, 1.54) is 11.3 Å². The van der Waals surface area contributed by atoms with Gasteiger partial charge in [-0.05, 0) is 30.7 Å². The van der Waals surface area contributed by atoms with Gasteiger partial charge in [-0.2, -0.15) is 0 Å². The van der Waals surface area contributed by atoms with Gasteiger partial charge in [0, 0.05) is 15.9 Å². The van der Waals surface area contributed by atoms with Crippen molar-refractivity contribution in [2.24, 2.45) is 0 Å². The van der Waals surface area contributed by atoms with Gasteiger partial charge in [-0.1, -0.05) is 27.5 Å². The smallest absolute Gasteiger partial charge is 0.257 e. The SMILES string of the molecule is O=C(NCCc1ccc(Cl)s1)c1c(F)cc(Br)cc1F. The molecule has 2 rings (SSSR count). The molecule has 1 N–H and O–H groups in total. The minimum absolute atomic E-state index is 0.247. The van der Waals surface area contributed by atoms with E-state index >= 15 is 0 Å². The lowest BCUT2D eigenvalue weighted by atomic mass is 10.2. The molecule has 0 bridgehead atoms. The van der Waals surface area contributed by atoms with Gasteiger partial charge in [-0.25, -0.2) is 8.78 Å². The Kier molecular flexibility index (Phi) is 5.12. The molecule has 0 spiro atoms. The monoisotopic (exact) mass is 379 g/mol. The van der Waals surface area contributed by atoms with Gasteiger partial charge in [-0.15, -0.1) is 11.3 Å². The van der Waals surface area contributed by atoms with E-state index in [0.29, 0.717) is 10.8 Å². The average Bonchev–Trinajstić information content (AvgIpc) is 2.73. The number of carbonyl (C=O) groups is 1. The van der Waals surface area contributed by atoms with Crippen molar-refractivity contribution in [3.05, 3.63) is 55.1 Å². The Labute approximate surface area is 131 Å². The normalized spacial score (nSPS) is 10.6. The molecule has 20 heavy (non-hydrogen) atoms. The third kappa shape index (κ3) is 3.77. The van der Waals surface area contributed by atoms with Gasteiger partial charge in [0.1, 0.15) is 17.2 Å². The molecule has 1 amide bonds. The number of nitrogens with one attached hydrogen (secondary N) is 1. The van der Waals surface area contributed by atoms with Crippen LogP contribution in [0.25, 0.3) is 0 Å². The molecule has 2 aromatic rings. The van der Waals surface area contributed by atoms with Gasteiger partial charge in [0.05, 0.1) is 4.34 Å². The van der Waals surface area contributed by atoms with Crippen molar-refractivity contribution in [2.45, 2.75) is 6.42 Å². The Balaban J connectivity index is 1.98. The van der Waals surface area contributed by atoms with E-state index < -0.39 is 23.1 Å². The van der Waals surface area contributed by atoms with Gasteiger partial charge in [-0.3, -0.25) is 4.79 Å². The van der Waals surface area contributed by atoms with Crippen LogP contribution in [0.5, 0.6) is 0 Å². The number of thiophene rings is 1. The number of rotatable bonds is 4. The third-order valence-corrected chi connectivity index (χ3v) is 4.27. The van der Waals surface area contributed by atoms with Crippen LogP contribution in [0.4, 0.5) is 8.78 Å². The van der Waals surface area contributed by atoms with Crippen LogP contribution in [0.15, 0.2) is 28.7 Å². The molecule has 0 unspecified atom stereocenters. The first-order chi connectivity index (χ1) is 9.47. The second kappa shape index (κ2) is 6.65. The molecular formula is C13H9BrClF2NOS. The maximum atomic E-state index is 13.6. The van der Waals surface area contributed by atoms with Crippen molar-refractivity contribution >= 4 is 44.8 Å². The van der Waals surface area contributed by atoms with E-state index in [2.05, 4.69) is 21.2 Å². The molecule has 0 saturated carbocycles. The highest BCUT2D eigenvalue weighted by Crippen LogP contribution is 2.22. The van der Waals surface area contributed by atoms with Crippen LogP contribution < -0.4 is 5.32 Å². The molecule has 1 aromatic carbocycles. The van der Waals surface area contributed by atoms with E-state index in [9.17, 15) is 13.6 Å². The molecule has 1 heterocycles. The summed E-state index contributed by atoms with van der Waals surface area (Å²) in [6.45, 7) is 0.282. The summed E-state index contributed by atoms with van der Waals surface area (Å²) in [6, 6.07) is 5.71. The lowest BCUT2D eigenvalue weighted by Crippen LogP contribution is -2.27. The molecule has 0 atom stereocenters. The minimum atomic E-state index is -0.895. The Morgan fingerprint density at radius 3 is 2.50 bits per heavy atom. The Hall–Kier alpha value is -0.980. The summed E-state index contributed by atoms with van der Waals surface area (Å²) in [5.41, 5.74) is -0.572. The van der Waals surface area contributed by atoms with Crippen molar-refractivity contribution in [2.75, 3.05) is 6.54 Å². The van der Waals surface area contributed by atoms with Gasteiger partial charge < -0.3 is 5.32 Å². The standard InChI is InChI=1S/C13H9BrClF2NOS/c14-7-5-9(16)12(10(17)6-7)13(19)18-4-3-8-1-2-11(15)20-8/h1-2,5-6H,3-4H2,(H,18,19). The summed E-state index contributed by atoms with van der Waals surface area (Å²) in [6.07, 6.45) is 0.558. The first-order valence-corrected chi connectivity index (χ1v) is 7.63. The first kappa shape index (κ1) is 15.4. The van der Waals surface area contributed by atoms with E-state index in [-0.39, 0.29) is 11.0 Å². The molecule has 1 aromatic heterocycles. The number of carbonyl (C=O) groups excluding carboxylic acids is 1. The Bertz CT molecular complexity index is 624. The zero-order chi connectivity index (χ0) is 14.7. The number of halogens is 4. The molecular weight excluding hydrogens is 372 g/mol. The predicted octanol–water partition coefficient (Wildman–Crippen LogP) is 4.41. The molecule has 0 aliphatic rings. The lowest BCUT2D eigenvalue weighted by molar-refractivity contribution is 0.0945. The zero-order valence-corrected chi connectivity index (χ0v) is 13.2. The van der Waals surface area contributed by atoms with Crippen molar-refractivity contribution < 1.29 is 13.6 Å². The maximum absolute atomic E-state index is 13.6.